The highest BCUT2D eigenvalue weighted by Gasteiger charge is 2.40. The van der Waals surface area contributed by atoms with Crippen molar-refractivity contribution < 1.29 is 31.1 Å². The Balaban J connectivity index is 1.59. The summed E-state index contributed by atoms with van der Waals surface area (Å²) in [4.78, 5) is 17.5. The molecule has 2 fully saturated rings. The Morgan fingerprint density at radius 3 is 2.24 bits per heavy atom. The van der Waals surface area contributed by atoms with Gasteiger partial charge < -0.3 is 14.5 Å². The number of ether oxygens (including phenoxy) is 1. The molecule has 13 heteroatoms. The lowest BCUT2D eigenvalue weighted by atomic mass is 10.1. The van der Waals surface area contributed by atoms with Gasteiger partial charge in [0, 0.05) is 69.6 Å². The van der Waals surface area contributed by atoms with Gasteiger partial charge in [0.25, 0.3) is 0 Å². The van der Waals surface area contributed by atoms with Crippen molar-refractivity contribution in [1.82, 2.24) is 14.1 Å². The normalized spacial score (nSPS) is 20.1. The zero-order chi connectivity index (χ0) is 24.4. The molecule has 0 bridgehead atoms. The number of benzene rings is 1. The number of alkyl halides is 3. The number of amides is 1. The van der Waals surface area contributed by atoms with Gasteiger partial charge in [0.1, 0.15) is 0 Å². The summed E-state index contributed by atoms with van der Waals surface area (Å²) in [5.41, 5.74) is 1.94. The van der Waals surface area contributed by atoms with Gasteiger partial charge in [0.15, 0.2) is 6.10 Å². The van der Waals surface area contributed by atoms with E-state index in [0.29, 0.717) is 50.8 Å². The van der Waals surface area contributed by atoms with E-state index in [1.807, 2.05) is 12.1 Å². The predicted molar refractivity (Wildman–Crippen MR) is 119 cm³/mol. The van der Waals surface area contributed by atoms with Crippen LogP contribution in [-0.4, -0.2) is 99.5 Å². The molecule has 8 nitrogen and oxygen atoms in total. The van der Waals surface area contributed by atoms with E-state index in [-0.39, 0.29) is 13.1 Å². The third-order valence-corrected chi connectivity index (χ3v) is 7.40. The van der Waals surface area contributed by atoms with E-state index < -0.39 is 28.4 Å². The highest BCUT2D eigenvalue weighted by molar-refractivity contribution is 7.88. The van der Waals surface area contributed by atoms with Crippen LogP contribution in [0.25, 0.3) is 0 Å². The van der Waals surface area contributed by atoms with Gasteiger partial charge in [-0.2, -0.15) is 17.5 Å². The van der Waals surface area contributed by atoms with Gasteiger partial charge in [-0.3, -0.25) is 4.90 Å². The number of piperazine rings is 2. The van der Waals surface area contributed by atoms with Gasteiger partial charge in [-0.05, 0) is 24.6 Å². The fourth-order valence-electron chi connectivity index (χ4n) is 3.85. The van der Waals surface area contributed by atoms with E-state index in [9.17, 15) is 26.4 Å². The lowest BCUT2D eigenvalue weighted by molar-refractivity contribution is -0.200. The third kappa shape index (κ3) is 6.87. The summed E-state index contributed by atoms with van der Waals surface area (Å²) in [5.74, 6) is 0. The standard InChI is InChI=1S/C20H28ClF3N4O4S/c1-15(20(22,23)24)32-19(29)27-7-5-25(6-8-27)14-16-3-4-17(21)13-18(16)26-9-11-28(12-10-26)33(2,30)31/h3-4,13,15H,5-12,14H2,1-2H3. The summed E-state index contributed by atoms with van der Waals surface area (Å²) >= 11 is 6.22. The van der Waals surface area contributed by atoms with Gasteiger partial charge in [-0.1, -0.05) is 17.7 Å². The topological polar surface area (TPSA) is 73.4 Å². The van der Waals surface area contributed by atoms with Crippen molar-refractivity contribution in [3.05, 3.63) is 28.8 Å². The largest absolute Gasteiger partial charge is 0.437 e. The van der Waals surface area contributed by atoms with E-state index in [1.165, 1.54) is 15.5 Å². The fraction of sp³-hybridized carbons (Fsp3) is 0.650. The van der Waals surface area contributed by atoms with Crippen LogP contribution in [0.5, 0.6) is 0 Å². The Morgan fingerprint density at radius 2 is 1.70 bits per heavy atom. The molecule has 0 saturated carbocycles. The minimum atomic E-state index is -4.59. The minimum absolute atomic E-state index is 0.263. The summed E-state index contributed by atoms with van der Waals surface area (Å²) in [7, 11) is -3.23. The summed E-state index contributed by atoms with van der Waals surface area (Å²) in [6.07, 6.45) is -6.50. The molecule has 0 N–H and O–H groups in total. The molecule has 2 aliphatic rings. The van der Waals surface area contributed by atoms with Gasteiger partial charge >= 0.3 is 12.3 Å². The molecule has 2 heterocycles. The lowest BCUT2D eigenvalue weighted by Crippen LogP contribution is -2.50. The molecule has 0 aromatic heterocycles. The van der Waals surface area contributed by atoms with Gasteiger partial charge in [0.05, 0.1) is 6.26 Å². The van der Waals surface area contributed by atoms with Crippen molar-refractivity contribution in [2.24, 2.45) is 0 Å². The molecule has 1 aromatic rings. The van der Waals surface area contributed by atoms with E-state index in [1.54, 1.807) is 6.07 Å². The van der Waals surface area contributed by atoms with Crippen LogP contribution in [0.4, 0.5) is 23.7 Å². The number of carbonyl (C=O) groups excluding carboxylic acids is 1. The molecular weight excluding hydrogens is 485 g/mol. The van der Waals surface area contributed by atoms with Crippen molar-refractivity contribution >= 4 is 33.4 Å². The summed E-state index contributed by atoms with van der Waals surface area (Å²) in [6, 6.07) is 5.57. The maximum absolute atomic E-state index is 12.6. The molecule has 1 aromatic carbocycles. The summed E-state index contributed by atoms with van der Waals surface area (Å²) in [5, 5.41) is 0.575. The molecule has 2 aliphatic heterocycles. The number of halogens is 4. The molecule has 0 spiro atoms. The third-order valence-electron chi connectivity index (χ3n) is 5.86. The van der Waals surface area contributed by atoms with E-state index in [2.05, 4.69) is 14.5 Å². The van der Waals surface area contributed by atoms with Crippen LogP contribution >= 0.6 is 11.6 Å². The monoisotopic (exact) mass is 512 g/mol. The SMILES string of the molecule is CC(OC(=O)N1CCN(Cc2ccc(Cl)cc2N2CCN(S(C)(=O)=O)CC2)CC1)C(F)(F)F. The van der Waals surface area contributed by atoms with Crippen molar-refractivity contribution in [3.8, 4) is 0 Å². The Hall–Kier alpha value is -1.76. The number of sulfonamides is 1. The Kier molecular flexibility index (Phi) is 8.03. The van der Waals surface area contributed by atoms with Gasteiger partial charge in [0.2, 0.25) is 10.0 Å². The second-order valence-electron chi connectivity index (χ2n) is 8.25. The molecule has 2 saturated heterocycles. The van der Waals surface area contributed by atoms with E-state index in [4.69, 9.17) is 11.6 Å². The quantitative estimate of drug-likeness (QED) is 0.604. The molecule has 33 heavy (non-hydrogen) atoms. The van der Waals surface area contributed by atoms with Crippen LogP contribution in [0, 0.1) is 0 Å². The van der Waals surface area contributed by atoms with E-state index >= 15 is 0 Å². The highest BCUT2D eigenvalue weighted by atomic mass is 35.5. The number of hydrogen-bond acceptors (Lipinski definition) is 6. The molecule has 1 atom stereocenters. The average molecular weight is 513 g/mol. The highest BCUT2D eigenvalue weighted by Crippen LogP contribution is 2.28. The smallest absolute Gasteiger partial charge is 0.425 e. The predicted octanol–water partition coefficient (Wildman–Crippen LogP) is 2.63. The maximum atomic E-state index is 12.6. The molecule has 1 amide bonds. The first kappa shape index (κ1) is 25.9. The number of nitrogens with zero attached hydrogens (tertiary/aromatic N) is 4. The van der Waals surface area contributed by atoms with Crippen LogP contribution in [0.1, 0.15) is 12.5 Å². The van der Waals surface area contributed by atoms with Crippen LogP contribution in [0.2, 0.25) is 5.02 Å². The van der Waals surface area contributed by atoms with Crippen LogP contribution in [0.3, 0.4) is 0 Å². The molecule has 186 valence electrons. The second kappa shape index (κ2) is 10.2. The van der Waals surface area contributed by atoms with Gasteiger partial charge in [-0.15, -0.1) is 0 Å². The molecule has 0 radical (unpaired) electrons. The first-order chi connectivity index (χ1) is 15.3. The first-order valence-electron chi connectivity index (χ1n) is 10.6. The van der Waals surface area contributed by atoms with Crippen LogP contribution in [-0.2, 0) is 21.3 Å². The Bertz CT molecular complexity index is 947. The van der Waals surface area contributed by atoms with Crippen molar-refractivity contribution in [3.63, 3.8) is 0 Å². The molecule has 3 rings (SSSR count). The first-order valence-corrected chi connectivity index (χ1v) is 12.8. The summed E-state index contributed by atoms with van der Waals surface area (Å²) < 4.78 is 67.4. The number of rotatable bonds is 5. The zero-order valence-electron chi connectivity index (χ0n) is 18.5. The lowest BCUT2D eigenvalue weighted by Gasteiger charge is -2.38. The maximum Gasteiger partial charge on any atom is 0.425 e. The van der Waals surface area contributed by atoms with E-state index in [0.717, 1.165) is 18.2 Å². The number of carbonyl (C=O) groups is 1. The molecule has 1 unspecified atom stereocenters. The molecule has 0 aliphatic carbocycles. The van der Waals surface area contributed by atoms with Gasteiger partial charge in [-0.25, -0.2) is 13.2 Å². The summed E-state index contributed by atoms with van der Waals surface area (Å²) in [6.45, 7) is 4.74. The fourth-order valence-corrected chi connectivity index (χ4v) is 4.84. The average Bonchev–Trinajstić information content (AvgIpc) is 2.74. The van der Waals surface area contributed by atoms with Crippen LogP contribution in [0.15, 0.2) is 18.2 Å². The van der Waals surface area contributed by atoms with Crippen LogP contribution < -0.4 is 4.90 Å². The zero-order valence-corrected chi connectivity index (χ0v) is 20.1. The minimum Gasteiger partial charge on any atom is -0.437 e. The Labute approximate surface area is 196 Å². The number of anilines is 1. The number of hydrogen-bond donors (Lipinski definition) is 0. The van der Waals surface area contributed by atoms with Crippen molar-refractivity contribution in [2.75, 3.05) is 63.5 Å². The van der Waals surface area contributed by atoms with Crippen molar-refractivity contribution in [2.45, 2.75) is 25.7 Å². The Morgan fingerprint density at radius 1 is 1.09 bits per heavy atom. The second-order valence-corrected chi connectivity index (χ2v) is 10.7. The molecular formula is C20H28ClF3N4O4S. The van der Waals surface area contributed by atoms with Crippen molar-refractivity contribution in [1.29, 1.82) is 0 Å².